The minimum Gasteiger partial charge on any atom is -0.469 e. The molecule has 1 aliphatic carbocycles. The van der Waals surface area contributed by atoms with Gasteiger partial charge in [-0.25, -0.2) is 0 Å². The predicted molar refractivity (Wildman–Crippen MR) is 49.2 cm³/mol. The van der Waals surface area contributed by atoms with Crippen molar-refractivity contribution >= 4 is 18.4 Å². The molecule has 0 heterocycles. The zero-order chi connectivity index (χ0) is 8.48. The molecule has 0 saturated heterocycles. The summed E-state index contributed by atoms with van der Waals surface area (Å²) >= 11 is 0. The number of methoxy groups -OCH3 is 1. The Morgan fingerprint density at radius 3 is 2.58 bits per heavy atom. The van der Waals surface area contributed by atoms with Gasteiger partial charge in [0.1, 0.15) is 0 Å². The number of rotatable bonds is 1. The second-order valence-corrected chi connectivity index (χ2v) is 3.56. The van der Waals surface area contributed by atoms with Gasteiger partial charge < -0.3 is 10.5 Å². The predicted octanol–water partition coefficient (Wildman–Crippen LogP) is 1.10. The SMILES string of the molecule is COC(=O)[C@]1(C)CC[C@H](N)C1.Cl. The molecule has 0 spiro atoms. The fourth-order valence-corrected chi connectivity index (χ4v) is 1.72. The number of carbonyl (C=O) groups is 1. The van der Waals surface area contributed by atoms with Crippen molar-refractivity contribution in [1.82, 2.24) is 0 Å². The number of halogens is 1. The second-order valence-electron chi connectivity index (χ2n) is 3.56. The molecule has 72 valence electrons. The first-order valence-electron chi connectivity index (χ1n) is 3.92. The Bertz CT molecular complexity index is 174. The zero-order valence-corrected chi connectivity index (χ0v) is 8.32. The van der Waals surface area contributed by atoms with Crippen LogP contribution in [0.15, 0.2) is 0 Å². The number of carbonyl (C=O) groups excluding carboxylic acids is 1. The third kappa shape index (κ3) is 2.11. The van der Waals surface area contributed by atoms with E-state index in [1.54, 1.807) is 0 Å². The lowest BCUT2D eigenvalue weighted by atomic mass is 9.89. The van der Waals surface area contributed by atoms with Crippen molar-refractivity contribution in [2.75, 3.05) is 7.11 Å². The van der Waals surface area contributed by atoms with Gasteiger partial charge in [0.2, 0.25) is 0 Å². The van der Waals surface area contributed by atoms with Crippen molar-refractivity contribution in [2.45, 2.75) is 32.2 Å². The summed E-state index contributed by atoms with van der Waals surface area (Å²) in [5.74, 6) is -0.120. The Hall–Kier alpha value is -0.280. The molecule has 3 nitrogen and oxygen atoms in total. The molecule has 0 bridgehead atoms. The van der Waals surface area contributed by atoms with Crippen LogP contribution in [0.3, 0.4) is 0 Å². The van der Waals surface area contributed by atoms with E-state index in [0.29, 0.717) is 0 Å². The summed E-state index contributed by atoms with van der Waals surface area (Å²) in [4.78, 5) is 11.2. The average molecular weight is 194 g/mol. The first kappa shape index (κ1) is 11.7. The summed E-state index contributed by atoms with van der Waals surface area (Å²) < 4.78 is 4.69. The van der Waals surface area contributed by atoms with E-state index in [0.717, 1.165) is 19.3 Å². The normalized spacial score (nSPS) is 34.1. The molecule has 12 heavy (non-hydrogen) atoms. The molecule has 0 aliphatic heterocycles. The van der Waals surface area contributed by atoms with E-state index in [4.69, 9.17) is 10.5 Å². The number of nitrogens with two attached hydrogens (primary N) is 1. The molecule has 1 rings (SSSR count). The highest BCUT2D eigenvalue weighted by atomic mass is 35.5. The highest BCUT2D eigenvalue weighted by Crippen LogP contribution is 2.37. The standard InChI is InChI=1S/C8H15NO2.ClH/c1-8(7(10)11-2)4-3-6(9)5-8;/h6H,3-5,9H2,1-2H3;1H/t6-,8+;/m0./s1. The third-order valence-electron chi connectivity index (χ3n) is 2.46. The monoisotopic (exact) mass is 193 g/mol. The van der Waals surface area contributed by atoms with Gasteiger partial charge in [0, 0.05) is 6.04 Å². The smallest absolute Gasteiger partial charge is 0.311 e. The van der Waals surface area contributed by atoms with Gasteiger partial charge in [-0.1, -0.05) is 0 Å². The third-order valence-corrected chi connectivity index (χ3v) is 2.46. The fraction of sp³-hybridized carbons (Fsp3) is 0.875. The van der Waals surface area contributed by atoms with Crippen LogP contribution in [0.2, 0.25) is 0 Å². The van der Waals surface area contributed by atoms with Crippen LogP contribution in [0.25, 0.3) is 0 Å². The average Bonchev–Trinajstić information content (AvgIpc) is 2.31. The molecule has 0 unspecified atom stereocenters. The van der Waals surface area contributed by atoms with Crippen LogP contribution >= 0.6 is 12.4 Å². The minimum absolute atomic E-state index is 0. The van der Waals surface area contributed by atoms with E-state index in [1.807, 2.05) is 6.92 Å². The van der Waals surface area contributed by atoms with Crippen molar-refractivity contribution in [3.05, 3.63) is 0 Å². The van der Waals surface area contributed by atoms with E-state index < -0.39 is 0 Å². The maximum atomic E-state index is 11.2. The topological polar surface area (TPSA) is 52.3 Å². The summed E-state index contributed by atoms with van der Waals surface area (Å²) in [5, 5.41) is 0. The quantitative estimate of drug-likeness (QED) is 0.635. The largest absolute Gasteiger partial charge is 0.469 e. The van der Waals surface area contributed by atoms with E-state index in [1.165, 1.54) is 7.11 Å². The number of ether oxygens (including phenoxy) is 1. The first-order chi connectivity index (χ1) is 5.08. The molecule has 0 aromatic heterocycles. The van der Waals surface area contributed by atoms with Gasteiger partial charge in [-0.05, 0) is 26.2 Å². The molecule has 0 radical (unpaired) electrons. The molecule has 1 fully saturated rings. The maximum absolute atomic E-state index is 11.2. The van der Waals surface area contributed by atoms with Crippen LogP contribution in [-0.2, 0) is 9.53 Å². The lowest BCUT2D eigenvalue weighted by Crippen LogP contribution is -2.28. The second kappa shape index (κ2) is 4.10. The van der Waals surface area contributed by atoms with Crippen molar-refractivity contribution in [2.24, 2.45) is 11.1 Å². The highest BCUT2D eigenvalue weighted by molar-refractivity contribution is 5.85. The van der Waals surface area contributed by atoms with Gasteiger partial charge in [0.05, 0.1) is 12.5 Å². The number of esters is 1. The van der Waals surface area contributed by atoms with Gasteiger partial charge >= 0.3 is 5.97 Å². The van der Waals surface area contributed by atoms with E-state index >= 15 is 0 Å². The molecule has 0 aromatic rings. The van der Waals surface area contributed by atoms with E-state index in [9.17, 15) is 4.79 Å². The maximum Gasteiger partial charge on any atom is 0.311 e. The van der Waals surface area contributed by atoms with Gasteiger partial charge in [0.25, 0.3) is 0 Å². The Kier molecular flexibility index (Phi) is 4.00. The summed E-state index contributed by atoms with van der Waals surface area (Å²) in [7, 11) is 1.43. The molecule has 2 N–H and O–H groups in total. The minimum atomic E-state index is -0.311. The lowest BCUT2D eigenvalue weighted by Gasteiger charge is -2.19. The fourth-order valence-electron chi connectivity index (χ4n) is 1.72. The Labute approximate surface area is 79.1 Å². The van der Waals surface area contributed by atoms with Crippen molar-refractivity contribution < 1.29 is 9.53 Å². The first-order valence-corrected chi connectivity index (χ1v) is 3.92. The molecular formula is C8H16ClNO2. The van der Waals surface area contributed by atoms with Crippen molar-refractivity contribution in [3.8, 4) is 0 Å². The van der Waals surface area contributed by atoms with Crippen LogP contribution in [0, 0.1) is 5.41 Å². The van der Waals surface area contributed by atoms with Crippen molar-refractivity contribution in [1.29, 1.82) is 0 Å². The zero-order valence-electron chi connectivity index (χ0n) is 7.50. The van der Waals surface area contributed by atoms with Crippen LogP contribution in [-0.4, -0.2) is 19.1 Å². The Balaban J connectivity index is 0.00000121. The van der Waals surface area contributed by atoms with Gasteiger partial charge in [0.15, 0.2) is 0 Å². The van der Waals surface area contributed by atoms with Gasteiger partial charge in [-0.3, -0.25) is 4.79 Å². The van der Waals surface area contributed by atoms with Crippen LogP contribution in [0.1, 0.15) is 26.2 Å². The molecule has 2 atom stereocenters. The molecule has 1 saturated carbocycles. The lowest BCUT2D eigenvalue weighted by molar-refractivity contribution is -0.151. The summed E-state index contributed by atoms with van der Waals surface area (Å²) in [6.45, 7) is 1.92. The highest BCUT2D eigenvalue weighted by Gasteiger charge is 2.40. The molecule has 0 aromatic carbocycles. The van der Waals surface area contributed by atoms with Crippen LogP contribution in [0.4, 0.5) is 0 Å². The summed E-state index contributed by atoms with van der Waals surface area (Å²) in [6, 6.07) is 0.180. The summed E-state index contributed by atoms with van der Waals surface area (Å²) in [6.07, 6.45) is 2.56. The number of hydrogen-bond acceptors (Lipinski definition) is 3. The van der Waals surface area contributed by atoms with Gasteiger partial charge in [-0.15, -0.1) is 12.4 Å². The van der Waals surface area contributed by atoms with E-state index in [2.05, 4.69) is 0 Å². The molecule has 1 aliphatic rings. The van der Waals surface area contributed by atoms with E-state index in [-0.39, 0.29) is 29.8 Å². The van der Waals surface area contributed by atoms with Crippen LogP contribution in [0.5, 0.6) is 0 Å². The molecule has 0 amide bonds. The Morgan fingerprint density at radius 1 is 1.67 bits per heavy atom. The molecular weight excluding hydrogens is 178 g/mol. The Morgan fingerprint density at radius 2 is 2.25 bits per heavy atom. The van der Waals surface area contributed by atoms with Crippen molar-refractivity contribution in [3.63, 3.8) is 0 Å². The summed E-state index contributed by atoms with van der Waals surface area (Å²) in [5.41, 5.74) is 5.38. The van der Waals surface area contributed by atoms with Crippen LogP contribution < -0.4 is 5.73 Å². The van der Waals surface area contributed by atoms with Gasteiger partial charge in [-0.2, -0.15) is 0 Å². The number of hydrogen-bond donors (Lipinski definition) is 1. The molecule has 4 heteroatoms.